The quantitative estimate of drug-likeness (QED) is 0.424. The maximum Gasteiger partial charge on any atom is 0.270 e. The highest BCUT2D eigenvalue weighted by Crippen LogP contribution is 1.95. The summed E-state index contributed by atoms with van der Waals surface area (Å²) in [4.78, 5) is 22.9. The van der Waals surface area contributed by atoms with Gasteiger partial charge in [0, 0.05) is 12.7 Å². The summed E-state index contributed by atoms with van der Waals surface area (Å²) in [6.07, 6.45) is 3.58. The Labute approximate surface area is 87.9 Å². The molecule has 1 amide bonds. The van der Waals surface area contributed by atoms with Gasteiger partial charge in [0.2, 0.25) is 0 Å². The first kappa shape index (κ1) is 11.5. The number of unbranched alkanes of at least 4 members (excludes halogenated alkanes) is 1. The van der Waals surface area contributed by atoms with Gasteiger partial charge in [0.25, 0.3) is 11.5 Å². The van der Waals surface area contributed by atoms with E-state index in [1.165, 1.54) is 10.6 Å². The van der Waals surface area contributed by atoms with Gasteiger partial charge in [0.15, 0.2) is 0 Å². The highest BCUT2D eigenvalue weighted by atomic mass is 16.2. The molecule has 0 unspecified atom stereocenters. The molecule has 0 spiro atoms. The molecule has 0 aliphatic heterocycles. The van der Waals surface area contributed by atoms with E-state index in [-0.39, 0.29) is 11.1 Å². The number of aryl methyl sites for hydroxylation is 1. The van der Waals surface area contributed by atoms with E-state index < -0.39 is 5.91 Å². The molecule has 5 nitrogen and oxygen atoms in total. The van der Waals surface area contributed by atoms with Crippen molar-refractivity contribution < 1.29 is 4.79 Å². The topological polar surface area (TPSA) is 77.1 Å². The monoisotopic (exact) mass is 209 g/mol. The van der Waals surface area contributed by atoms with E-state index in [2.05, 4.69) is 0 Å². The molecule has 3 N–H and O–H groups in total. The van der Waals surface area contributed by atoms with E-state index in [4.69, 9.17) is 5.84 Å². The van der Waals surface area contributed by atoms with Crippen LogP contribution in [0.15, 0.2) is 23.1 Å². The molecular weight excluding hydrogens is 194 g/mol. The minimum atomic E-state index is -0.550. The highest BCUT2D eigenvalue weighted by molar-refractivity contribution is 5.93. The molecule has 0 aromatic carbocycles. The van der Waals surface area contributed by atoms with Gasteiger partial charge in [0.1, 0.15) is 5.56 Å². The molecule has 0 atom stereocenters. The number of rotatable bonds is 4. The van der Waals surface area contributed by atoms with Gasteiger partial charge in [-0.3, -0.25) is 15.0 Å². The lowest BCUT2D eigenvalue weighted by Crippen LogP contribution is -2.36. The van der Waals surface area contributed by atoms with Crippen LogP contribution in [0.2, 0.25) is 0 Å². The van der Waals surface area contributed by atoms with E-state index in [0.29, 0.717) is 6.54 Å². The number of hydrazine groups is 1. The van der Waals surface area contributed by atoms with E-state index in [0.717, 1.165) is 12.8 Å². The van der Waals surface area contributed by atoms with E-state index in [1.807, 2.05) is 12.3 Å². The van der Waals surface area contributed by atoms with Crippen LogP contribution in [-0.2, 0) is 6.54 Å². The molecular formula is C10H15N3O2. The fourth-order valence-electron chi connectivity index (χ4n) is 1.29. The average molecular weight is 209 g/mol. The van der Waals surface area contributed by atoms with Gasteiger partial charge in [-0.25, -0.2) is 5.84 Å². The van der Waals surface area contributed by atoms with Crippen LogP contribution in [-0.4, -0.2) is 10.5 Å². The molecule has 0 bridgehead atoms. The molecule has 0 aliphatic carbocycles. The van der Waals surface area contributed by atoms with Gasteiger partial charge < -0.3 is 4.57 Å². The molecule has 1 heterocycles. The molecule has 0 fully saturated rings. The van der Waals surface area contributed by atoms with E-state index in [1.54, 1.807) is 12.3 Å². The van der Waals surface area contributed by atoms with E-state index in [9.17, 15) is 9.59 Å². The molecule has 0 radical (unpaired) electrons. The summed E-state index contributed by atoms with van der Waals surface area (Å²) in [5, 5.41) is 0. The third kappa shape index (κ3) is 2.66. The minimum absolute atomic E-state index is 0.0797. The van der Waals surface area contributed by atoms with Crippen molar-refractivity contribution in [2.75, 3.05) is 0 Å². The molecule has 82 valence electrons. The Kier molecular flexibility index (Phi) is 4.05. The fourth-order valence-corrected chi connectivity index (χ4v) is 1.29. The Morgan fingerprint density at radius 1 is 1.60 bits per heavy atom. The van der Waals surface area contributed by atoms with Crippen LogP contribution in [0.3, 0.4) is 0 Å². The first-order chi connectivity index (χ1) is 7.20. The number of hydrogen-bond acceptors (Lipinski definition) is 3. The zero-order valence-corrected chi connectivity index (χ0v) is 8.69. The SMILES string of the molecule is CCCCn1cccc(C(=O)NN)c1=O. The molecule has 15 heavy (non-hydrogen) atoms. The Bertz CT molecular complexity index is 398. The summed E-state index contributed by atoms with van der Waals surface area (Å²) < 4.78 is 1.52. The zero-order chi connectivity index (χ0) is 11.3. The average Bonchev–Trinajstić information content (AvgIpc) is 2.27. The Balaban J connectivity index is 3.01. The van der Waals surface area contributed by atoms with E-state index >= 15 is 0 Å². The number of nitrogen functional groups attached to an aromatic ring is 1. The lowest BCUT2D eigenvalue weighted by atomic mass is 10.2. The van der Waals surface area contributed by atoms with Crippen LogP contribution < -0.4 is 16.8 Å². The number of pyridine rings is 1. The van der Waals surface area contributed by atoms with Crippen molar-refractivity contribution in [2.45, 2.75) is 26.3 Å². The van der Waals surface area contributed by atoms with Crippen LogP contribution in [0.25, 0.3) is 0 Å². The minimum Gasteiger partial charge on any atom is -0.315 e. The normalized spacial score (nSPS) is 10.0. The second-order valence-corrected chi connectivity index (χ2v) is 3.25. The van der Waals surface area contributed by atoms with Crippen LogP contribution >= 0.6 is 0 Å². The van der Waals surface area contributed by atoms with Crippen LogP contribution in [0.4, 0.5) is 0 Å². The summed E-state index contributed by atoms with van der Waals surface area (Å²) in [5.41, 5.74) is 1.74. The number of aromatic nitrogens is 1. The number of nitrogens with zero attached hydrogens (tertiary/aromatic N) is 1. The molecule has 1 aromatic rings. The Morgan fingerprint density at radius 3 is 2.93 bits per heavy atom. The van der Waals surface area contributed by atoms with Crippen LogP contribution in [0.5, 0.6) is 0 Å². The summed E-state index contributed by atoms with van der Waals surface area (Å²) in [6, 6.07) is 3.13. The molecule has 5 heteroatoms. The molecule has 1 rings (SSSR count). The van der Waals surface area contributed by atoms with Crippen molar-refractivity contribution in [1.29, 1.82) is 0 Å². The maximum absolute atomic E-state index is 11.7. The molecule has 1 aromatic heterocycles. The number of nitrogens with two attached hydrogens (primary N) is 1. The van der Waals surface area contributed by atoms with Gasteiger partial charge in [-0.15, -0.1) is 0 Å². The summed E-state index contributed by atoms with van der Waals surface area (Å²) in [6.45, 7) is 2.67. The predicted octanol–water partition coefficient (Wildman–Crippen LogP) is 0.252. The standard InChI is InChI=1S/C10H15N3O2/c1-2-3-6-13-7-4-5-8(10(13)15)9(14)12-11/h4-5,7H,2-3,6,11H2,1H3,(H,12,14). The highest BCUT2D eigenvalue weighted by Gasteiger charge is 2.09. The summed E-state index contributed by atoms with van der Waals surface area (Å²) >= 11 is 0. The number of carbonyl (C=O) groups is 1. The van der Waals surface area contributed by atoms with Gasteiger partial charge in [0.05, 0.1) is 0 Å². The van der Waals surface area contributed by atoms with Crippen molar-refractivity contribution in [3.63, 3.8) is 0 Å². The van der Waals surface area contributed by atoms with Crippen molar-refractivity contribution in [2.24, 2.45) is 5.84 Å². The first-order valence-corrected chi connectivity index (χ1v) is 4.91. The third-order valence-corrected chi connectivity index (χ3v) is 2.15. The molecule has 0 saturated carbocycles. The number of hydrogen-bond donors (Lipinski definition) is 2. The smallest absolute Gasteiger partial charge is 0.270 e. The molecule has 0 saturated heterocycles. The second kappa shape index (κ2) is 5.31. The Hall–Kier alpha value is -1.62. The third-order valence-electron chi connectivity index (χ3n) is 2.15. The van der Waals surface area contributed by atoms with Gasteiger partial charge >= 0.3 is 0 Å². The largest absolute Gasteiger partial charge is 0.315 e. The van der Waals surface area contributed by atoms with Crippen LogP contribution in [0.1, 0.15) is 30.1 Å². The maximum atomic E-state index is 11.7. The van der Waals surface area contributed by atoms with Gasteiger partial charge in [-0.2, -0.15) is 0 Å². The predicted molar refractivity (Wildman–Crippen MR) is 57.3 cm³/mol. The van der Waals surface area contributed by atoms with Crippen molar-refractivity contribution in [1.82, 2.24) is 9.99 Å². The first-order valence-electron chi connectivity index (χ1n) is 4.91. The number of amides is 1. The lowest BCUT2D eigenvalue weighted by molar-refractivity contribution is 0.0951. The van der Waals surface area contributed by atoms with Crippen LogP contribution in [0, 0.1) is 0 Å². The van der Waals surface area contributed by atoms with Gasteiger partial charge in [-0.1, -0.05) is 13.3 Å². The van der Waals surface area contributed by atoms with Crippen molar-refractivity contribution in [3.8, 4) is 0 Å². The van der Waals surface area contributed by atoms with Crippen molar-refractivity contribution in [3.05, 3.63) is 34.2 Å². The number of carbonyl (C=O) groups excluding carboxylic acids is 1. The fraction of sp³-hybridized carbons (Fsp3) is 0.400. The summed E-state index contributed by atoms with van der Waals surface area (Å²) in [5.74, 6) is 4.43. The molecule has 0 aliphatic rings. The lowest BCUT2D eigenvalue weighted by Gasteiger charge is -2.06. The Morgan fingerprint density at radius 2 is 2.33 bits per heavy atom. The van der Waals surface area contributed by atoms with Gasteiger partial charge in [-0.05, 0) is 18.6 Å². The zero-order valence-electron chi connectivity index (χ0n) is 8.69. The summed E-state index contributed by atoms with van der Waals surface area (Å²) in [7, 11) is 0. The van der Waals surface area contributed by atoms with Crippen molar-refractivity contribution >= 4 is 5.91 Å². The second-order valence-electron chi connectivity index (χ2n) is 3.25. The number of nitrogens with one attached hydrogen (secondary N) is 1.